The van der Waals surface area contributed by atoms with E-state index in [9.17, 15) is 14.0 Å². The Balaban J connectivity index is 1.35. The van der Waals surface area contributed by atoms with Crippen LogP contribution in [0.1, 0.15) is 18.4 Å². The van der Waals surface area contributed by atoms with E-state index >= 15 is 0 Å². The quantitative estimate of drug-likeness (QED) is 0.687. The monoisotopic (exact) mass is 385 g/mol. The molecule has 1 fully saturated rings. The van der Waals surface area contributed by atoms with Crippen molar-refractivity contribution < 1.29 is 23.5 Å². The third-order valence-corrected chi connectivity index (χ3v) is 4.87. The number of nitrogens with zero attached hydrogens (tertiary/aromatic N) is 1. The van der Waals surface area contributed by atoms with E-state index in [2.05, 4.69) is 12.1 Å². The summed E-state index contributed by atoms with van der Waals surface area (Å²) in [5.74, 6) is -0.924. The van der Waals surface area contributed by atoms with E-state index in [0.717, 1.165) is 19.3 Å². The molecule has 1 heterocycles. The minimum atomic E-state index is -0.699. The van der Waals surface area contributed by atoms with Crippen molar-refractivity contribution in [1.82, 2.24) is 4.90 Å². The van der Waals surface area contributed by atoms with E-state index in [1.54, 1.807) is 11.0 Å². The van der Waals surface area contributed by atoms with E-state index in [1.165, 1.54) is 23.8 Å². The van der Waals surface area contributed by atoms with E-state index in [-0.39, 0.29) is 18.3 Å². The van der Waals surface area contributed by atoms with Crippen molar-refractivity contribution in [2.75, 3.05) is 26.3 Å². The molecule has 0 saturated carbocycles. The van der Waals surface area contributed by atoms with Gasteiger partial charge in [-0.3, -0.25) is 4.79 Å². The lowest BCUT2D eigenvalue weighted by molar-refractivity contribution is -0.154. The van der Waals surface area contributed by atoms with Gasteiger partial charge in [0, 0.05) is 13.1 Å². The fraction of sp³-hybridized carbons (Fsp3) is 0.364. The Morgan fingerprint density at radius 2 is 1.64 bits per heavy atom. The summed E-state index contributed by atoms with van der Waals surface area (Å²) in [6, 6.07) is 16.1. The Morgan fingerprint density at radius 3 is 2.36 bits per heavy atom. The van der Waals surface area contributed by atoms with Gasteiger partial charge in [-0.25, -0.2) is 9.18 Å². The Kier molecular flexibility index (Phi) is 7.00. The van der Waals surface area contributed by atoms with Crippen molar-refractivity contribution in [2.24, 2.45) is 5.92 Å². The highest BCUT2D eigenvalue weighted by Gasteiger charge is 2.23. The molecule has 28 heavy (non-hydrogen) atoms. The van der Waals surface area contributed by atoms with Gasteiger partial charge < -0.3 is 14.4 Å². The van der Waals surface area contributed by atoms with Gasteiger partial charge in [0.2, 0.25) is 0 Å². The molecule has 0 aliphatic carbocycles. The van der Waals surface area contributed by atoms with Gasteiger partial charge in [-0.05, 0) is 42.9 Å². The first-order valence-electron chi connectivity index (χ1n) is 9.46. The summed E-state index contributed by atoms with van der Waals surface area (Å²) < 4.78 is 23.5. The van der Waals surface area contributed by atoms with Crippen LogP contribution in [0, 0.1) is 11.7 Å². The van der Waals surface area contributed by atoms with Gasteiger partial charge in [0.25, 0.3) is 5.91 Å². The second-order valence-corrected chi connectivity index (χ2v) is 6.89. The highest BCUT2D eigenvalue weighted by atomic mass is 19.1. The van der Waals surface area contributed by atoms with Gasteiger partial charge in [0.05, 0.1) is 0 Å². The molecule has 6 heteroatoms. The molecule has 0 atom stereocenters. The van der Waals surface area contributed by atoms with E-state index in [4.69, 9.17) is 9.47 Å². The van der Waals surface area contributed by atoms with Gasteiger partial charge in [0.15, 0.2) is 24.8 Å². The lowest BCUT2D eigenvalue weighted by atomic mass is 9.90. The number of carbonyl (C=O) groups excluding carboxylic acids is 2. The predicted molar refractivity (Wildman–Crippen MR) is 102 cm³/mol. The average Bonchev–Trinajstić information content (AvgIpc) is 2.73. The molecule has 1 saturated heterocycles. The van der Waals surface area contributed by atoms with Crippen LogP contribution in [0.25, 0.3) is 0 Å². The topological polar surface area (TPSA) is 55.8 Å². The molecule has 0 radical (unpaired) electrons. The van der Waals surface area contributed by atoms with Crippen LogP contribution in [0.4, 0.5) is 4.39 Å². The number of piperidine rings is 1. The van der Waals surface area contributed by atoms with E-state index in [1.807, 2.05) is 18.2 Å². The number of hydrogen-bond acceptors (Lipinski definition) is 4. The fourth-order valence-electron chi connectivity index (χ4n) is 3.31. The van der Waals surface area contributed by atoms with Crippen LogP contribution >= 0.6 is 0 Å². The van der Waals surface area contributed by atoms with Crippen molar-refractivity contribution in [3.63, 3.8) is 0 Å². The van der Waals surface area contributed by atoms with Crippen molar-refractivity contribution in [2.45, 2.75) is 19.3 Å². The summed E-state index contributed by atoms with van der Waals surface area (Å²) in [5.41, 5.74) is 1.32. The van der Waals surface area contributed by atoms with Crippen LogP contribution in [-0.2, 0) is 20.7 Å². The molecule has 5 nitrogen and oxygen atoms in total. The number of hydrogen-bond donors (Lipinski definition) is 0. The molecule has 1 aliphatic rings. The summed E-state index contributed by atoms with van der Waals surface area (Å²) in [4.78, 5) is 25.7. The summed E-state index contributed by atoms with van der Waals surface area (Å²) >= 11 is 0. The maximum Gasteiger partial charge on any atom is 0.344 e. The number of ether oxygens (including phenoxy) is 2. The number of amides is 1. The summed E-state index contributed by atoms with van der Waals surface area (Å²) in [6.07, 6.45) is 2.89. The van der Waals surface area contributed by atoms with Gasteiger partial charge >= 0.3 is 5.97 Å². The lowest BCUT2D eigenvalue weighted by Crippen LogP contribution is -2.41. The molecule has 0 unspecified atom stereocenters. The maximum atomic E-state index is 13.4. The van der Waals surface area contributed by atoms with Crippen LogP contribution in [0.3, 0.4) is 0 Å². The Hall–Kier alpha value is -2.89. The van der Waals surface area contributed by atoms with Crippen molar-refractivity contribution in [3.8, 4) is 5.75 Å². The molecule has 3 rings (SSSR count). The predicted octanol–water partition coefficient (Wildman–Crippen LogP) is 3.23. The van der Waals surface area contributed by atoms with E-state index in [0.29, 0.717) is 19.0 Å². The van der Waals surface area contributed by atoms with Gasteiger partial charge in [-0.15, -0.1) is 0 Å². The number of halogens is 1. The Bertz CT molecular complexity index is 788. The summed E-state index contributed by atoms with van der Waals surface area (Å²) in [5, 5.41) is 0. The number of rotatable bonds is 7. The largest absolute Gasteiger partial charge is 0.479 e. The normalized spacial score (nSPS) is 14.5. The Labute approximate surface area is 164 Å². The molecule has 2 aromatic carbocycles. The summed E-state index contributed by atoms with van der Waals surface area (Å²) in [6.45, 7) is 0.579. The van der Waals surface area contributed by atoms with Gasteiger partial charge in [-0.1, -0.05) is 42.5 Å². The Morgan fingerprint density at radius 1 is 0.964 bits per heavy atom. The zero-order chi connectivity index (χ0) is 19.8. The molecule has 0 spiro atoms. The van der Waals surface area contributed by atoms with Crippen LogP contribution < -0.4 is 4.74 Å². The number of benzene rings is 2. The molecule has 148 valence electrons. The molecule has 2 aromatic rings. The first kappa shape index (κ1) is 19.9. The van der Waals surface area contributed by atoms with Crippen molar-refractivity contribution in [1.29, 1.82) is 0 Å². The maximum absolute atomic E-state index is 13.4. The van der Waals surface area contributed by atoms with E-state index < -0.39 is 18.4 Å². The fourth-order valence-corrected chi connectivity index (χ4v) is 3.31. The molecular formula is C22H24FNO4. The zero-order valence-electron chi connectivity index (χ0n) is 15.7. The zero-order valence-corrected chi connectivity index (χ0v) is 15.7. The number of carbonyl (C=O) groups is 2. The SMILES string of the molecule is O=C(COc1ccccc1F)OCC(=O)N1CCC(Cc2ccccc2)CC1. The minimum Gasteiger partial charge on any atom is -0.479 e. The third kappa shape index (κ3) is 5.81. The average molecular weight is 385 g/mol. The van der Waals surface area contributed by atoms with Crippen molar-refractivity contribution >= 4 is 11.9 Å². The minimum absolute atomic E-state index is 0.0220. The highest BCUT2D eigenvalue weighted by Crippen LogP contribution is 2.21. The molecule has 0 aromatic heterocycles. The third-order valence-electron chi connectivity index (χ3n) is 4.87. The molecule has 0 bridgehead atoms. The lowest BCUT2D eigenvalue weighted by Gasteiger charge is -2.32. The van der Waals surface area contributed by atoms with Crippen LogP contribution in [0.5, 0.6) is 5.75 Å². The van der Waals surface area contributed by atoms with Gasteiger partial charge in [-0.2, -0.15) is 0 Å². The van der Waals surface area contributed by atoms with Crippen LogP contribution in [0.15, 0.2) is 54.6 Å². The molecule has 1 amide bonds. The summed E-state index contributed by atoms with van der Waals surface area (Å²) in [7, 11) is 0. The van der Waals surface area contributed by atoms with Crippen LogP contribution in [0.2, 0.25) is 0 Å². The number of likely N-dealkylation sites (tertiary alicyclic amines) is 1. The first-order chi connectivity index (χ1) is 13.6. The molecular weight excluding hydrogens is 361 g/mol. The second-order valence-electron chi connectivity index (χ2n) is 6.89. The number of esters is 1. The molecule has 1 aliphatic heterocycles. The smallest absolute Gasteiger partial charge is 0.344 e. The number of para-hydroxylation sites is 1. The van der Waals surface area contributed by atoms with Crippen molar-refractivity contribution in [3.05, 3.63) is 66.0 Å². The highest BCUT2D eigenvalue weighted by molar-refractivity contribution is 5.81. The van der Waals surface area contributed by atoms with Gasteiger partial charge in [0.1, 0.15) is 0 Å². The second kappa shape index (κ2) is 9.88. The first-order valence-corrected chi connectivity index (χ1v) is 9.46. The molecule has 0 N–H and O–H groups in total. The standard InChI is InChI=1S/C22H24FNO4/c23-19-8-4-5-9-20(19)27-16-22(26)28-15-21(25)24-12-10-18(11-13-24)14-17-6-2-1-3-7-17/h1-9,18H,10-16H2. The van der Waals surface area contributed by atoms with Crippen LogP contribution in [-0.4, -0.2) is 43.1 Å².